The molecule has 12 heteroatoms. The smallest absolute Gasteiger partial charge is 0.311 e. The van der Waals surface area contributed by atoms with Crippen molar-refractivity contribution in [1.29, 1.82) is 0 Å². The SMILES string of the molecule is C[C@H](O)CNC(=O)c1cn(CCCNc2ccc([N+](=O)[O-])c(N)n2)cc1-c1ccc(Br)cc1F. The number of nitro groups is 1. The van der Waals surface area contributed by atoms with Gasteiger partial charge in [-0.3, -0.25) is 14.9 Å². The number of halogens is 2. The van der Waals surface area contributed by atoms with Gasteiger partial charge in [-0.15, -0.1) is 0 Å². The lowest BCUT2D eigenvalue weighted by atomic mass is 10.0. The van der Waals surface area contributed by atoms with E-state index >= 15 is 0 Å². The Kier molecular flexibility index (Phi) is 8.18. The number of nitrogen functional groups attached to an aromatic ring is 1. The summed E-state index contributed by atoms with van der Waals surface area (Å²) < 4.78 is 17.0. The Morgan fingerprint density at radius 2 is 2.09 bits per heavy atom. The predicted octanol–water partition coefficient (Wildman–Crippen LogP) is 3.55. The largest absolute Gasteiger partial charge is 0.392 e. The molecule has 34 heavy (non-hydrogen) atoms. The predicted molar refractivity (Wildman–Crippen MR) is 130 cm³/mol. The number of benzene rings is 1. The number of aliphatic hydroxyl groups excluding tert-OH is 1. The quantitative estimate of drug-likeness (QED) is 0.176. The molecule has 0 fully saturated rings. The van der Waals surface area contributed by atoms with E-state index < -0.39 is 22.8 Å². The zero-order valence-corrected chi connectivity index (χ0v) is 19.9. The van der Waals surface area contributed by atoms with Crippen LogP contribution >= 0.6 is 15.9 Å². The second kappa shape index (κ2) is 11.1. The molecule has 2 aromatic heterocycles. The second-order valence-electron chi connectivity index (χ2n) is 7.64. The molecule has 2 heterocycles. The van der Waals surface area contributed by atoms with Gasteiger partial charge in [0.15, 0.2) is 0 Å². The highest BCUT2D eigenvalue weighted by molar-refractivity contribution is 9.10. The summed E-state index contributed by atoms with van der Waals surface area (Å²) in [7, 11) is 0. The van der Waals surface area contributed by atoms with Gasteiger partial charge in [0.25, 0.3) is 5.91 Å². The van der Waals surface area contributed by atoms with Gasteiger partial charge in [-0.25, -0.2) is 9.37 Å². The molecule has 0 aliphatic heterocycles. The van der Waals surface area contributed by atoms with Crippen LogP contribution in [0.25, 0.3) is 11.1 Å². The number of pyridine rings is 1. The Hall–Kier alpha value is -3.51. The maximum absolute atomic E-state index is 14.6. The number of nitrogens with two attached hydrogens (primary N) is 1. The second-order valence-corrected chi connectivity index (χ2v) is 8.56. The van der Waals surface area contributed by atoms with Crippen LogP contribution in [0.1, 0.15) is 23.7 Å². The van der Waals surface area contributed by atoms with Crippen LogP contribution in [-0.4, -0.2) is 44.7 Å². The van der Waals surface area contributed by atoms with Crippen LogP contribution in [0, 0.1) is 15.9 Å². The molecule has 0 aliphatic carbocycles. The molecule has 1 aromatic carbocycles. The molecule has 0 spiro atoms. The molecular formula is C22H24BrFN6O4. The van der Waals surface area contributed by atoms with Crippen molar-refractivity contribution in [3.63, 3.8) is 0 Å². The van der Waals surface area contributed by atoms with E-state index in [2.05, 4.69) is 31.5 Å². The summed E-state index contributed by atoms with van der Waals surface area (Å²) in [6, 6.07) is 7.38. The molecule has 3 aromatic rings. The van der Waals surface area contributed by atoms with Gasteiger partial charge in [0.05, 0.1) is 16.6 Å². The lowest BCUT2D eigenvalue weighted by Gasteiger charge is -2.08. The van der Waals surface area contributed by atoms with E-state index in [0.29, 0.717) is 40.9 Å². The number of hydrogen-bond donors (Lipinski definition) is 4. The fourth-order valence-corrected chi connectivity index (χ4v) is 3.61. The van der Waals surface area contributed by atoms with Crippen molar-refractivity contribution in [2.45, 2.75) is 26.0 Å². The van der Waals surface area contributed by atoms with Gasteiger partial charge in [-0.1, -0.05) is 22.0 Å². The molecule has 10 nitrogen and oxygen atoms in total. The first-order valence-corrected chi connectivity index (χ1v) is 11.2. The molecule has 0 aliphatic rings. The molecule has 180 valence electrons. The molecule has 5 N–H and O–H groups in total. The Morgan fingerprint density at radius 1 is 1.32 bits per heavy atom. The minimum absolute atomic E-state index is 0.0710. The van der Waals surface area contributed by atoms with Crippen LogP contribution in [0.15, 0.2) is 47.2 Å². The van der Waals surface area contributed by atoms with Gasteiger partial charge in [-0.2, -0.15) is 0 Å². The molecule has 1 atom stereocenters. The minimum Gasteiger partial charge on any atom is -0.392 e. The molecule has 0 saturated carbocycles. The van der Waals surface area contributed by atoms with Crippen LogP contribution in [-0.2, 0) is 6.54 Å². The number of nitrogens with one attached hydrogen (secondary N) is 2. The third kappa shape index (κ3) is 6.29. The van der Waals surface area contributed by atoms with E-state index in [0.717, 1.165) is 0 Å². The lowest BCUT2D eigenvalue weighted by molar-refractivity contribution is -0.384. The lowest BCUT2D eigenvalue weighted by Crippen LogP contribution is -2.30. The van der Waals surface area contributed by atoms with Gasteiger partial charge >= 0.3 is 5.69 Å². The fourth-order valence-electron chi connectivity index (χ4n) is 3.27. The summed E-state index contributed by atoms with van der Waals surface area (Å²) in [4.78, 5) is 26.9. The molecule has 1 amide bonds. The van der Waals surface area contributed by atoms with E-state index in [1.165, 1.54) is 18.2 Å². The number of carbonyl (C=O) groups excluding carboxylic acids is 1. The highest BCUT2D eigenvalue weighted by Gasteiger charge is 2.19. The van der Waals surface area contributed by atoms with Crippen molar-refractivity contribution >= 4 is 39.2 Å². The number of aliphatic hydroxyl groups is 1. The zero-order chi connectivity index (χ0) is 24.8. The molecular weight excluding hydrogens is 511 g/mol. The first-order valence-electron chi connectivity index (χ1n) is 10.4. The van der Waals surface area contributed by atoms with Crippen molar-refractivity contribution in [1.82, 2.24) is 14.9 Å². The number of aromatic nitrogens is 2. The van der Waals surface area contributed by atoms with E-state index in [1.54, 1.807) is 36.0 Å². The third-order valence-corrected chi connectivity index (χ3v) is 5.40. The molecule has 3 rings (SSSR count). The monoisotopic (exact) mass is 534 g/mol. The van der Waals surface area contributed by atoms with E-state index in [-0.39, 0.29) is 23.6 Å². The summed E-state index contributed by atoms with van der Waals surface area (Å²) >= 11 is 3.23. The summed E-state index contributed by atoms with van der Waals surface area (Å²) in [5.41, 5.74) is 6.36. The van der Waals surface area contributed by atoms with Crippen molar-refractivity contribution < 1.29 is 19.2 Å². The van der Waals surface area contributed by atoms with Crippen LogP contribution in [0.3, 0.4) is 0 Å². The van der Waals surface area contributed by atoms with Crippen LogP contribution in [0.5, 0.6) is 0 Å². The fraction of sp³-hybridized carbons (Fsp3) is 0.273. The third-order valence-electron chi connectivity index (χ3n) is 4.90. The van der Waals surface area contributed by atoms with Crippen LogP contribution < -0.4 is 16.4 Å². The summed E-state index contributed by atoms with van der Waals surface area (Å²) in [6.07, 6.45) is 3.23. The van der Waals surface area contributed by atoms with Gasteiger partial charge in [0, 0.05) is 53.7 Å². The first kappa shape index (κ1) is 25.1. The number of rotatable bonds is 10. The molecule has 0 radical (unpaired) electrons. The molecule has 0 unspecified atom stereocenters. The number of nitrogens with zero attached hydrogens (tertiary/aromatic N) is 3. The summed E-state index contributed by atoms with van der Waals surface area (Å²) in [6.45, 7) is 2.61. The number of carbonyl (C=O) groups is 1. The molecule has 0 saturated heterocycles. The van der Waals surface area contributed by atoms with E-state index in [4.69, 9.17) is 5.73 Å². The van der Waals surface area contributed by atoms with Crippen molar-refractivity contribution in [3.8, 4) is 11.1 Å². The maximum atomic E-state index is 14.6. The molecule has 0 bridgehead atoms. The highest BCUT2D eigenvalue weighted by Crippen LogP contribution is 2.29. The number of aryl methyl sites for hydroxylation is 1. The van der Waals surface area contributed by atoms with Gasteiger partial charge in [-0.05, 0) is 31.5 Å². The average Bonchev–Trinajstić information content (AvgIpc) is 3.18. The van der Waals surface area contributed by atoms with Crippen molar-refractivity contribution in [2.24, 2.45) is 0 Å². The normalized spacial score (nSPS) is 11.8. The van der Waals surface area contributed by atoms with Gasteiger partial charge < -0.3 is 26.0 Å². The Bertz CT molecular complexity index is 1200. The van der Waals surface area contributed by atoms with Crippen molar-refractivity contribution in [3.05, 3.63) is 68.7 Å². The topological polar surface area (TPSA) is 148 Å². The highest BCUT2D eigenvalue weighted by atomic mass is 79.9. The van der Waals surface area contributed by atoms with Gasteiger partial charge in [0.2, 0.25) is 5.82 Å². The summed E-state index contributed by atoms with van der Waals surface area (Å²) in [5.74, 6) is -0.651. The Morgan fingerprint density at radius 3 is 2.74 bits per heavy atom. The van der Waals surface area contributed by atoms with Crippen LogP contribution in [0.4, 0.5) is 21.7 Å². The first-order chi connectivity index (χ1) is 16.2. The minimum atomic E-state index is -0.716. The number of anilines is 2. The van der Waals surface area contributed by atoms with Gasteiger partial charge in [0.1, 0.15) is 11.6 Å². The Balaban J connectivity index is 1.72. The standard InChI is InChI=1S/C22H24BrFN6O4/c1-13(31)10-27-22(32)17-12-29(11-16(17)15-4-3-14(23)9-18(15)24)8-2-7-26-20-6-5-19(30(33)34)21(25)28-20/h3-6,9,11-13,31H,2,7-8,10H2,1H3,(H,27,32)(H3,25,26,28)/t13-/m0/s1. The van der Waals surface area contributed by atoms with Crippen molar-refractivity contribution in [2.75, 3.05) is 24.1 Å². The zero-order valence-electron chi connectivity index (χ0n) is 18.3. The number of hydrogen-bond acceptors (Lipinski definition) is 7. The summed E-state index contributed by atoms with van der Waals surface area (Å²) in [5, 5.41) is 26.0. The maximum Gasteiger partial charge on any atom is 0.311 e. The van der Waals surface area contributed by atoms with Crippen LogP contribution in [0.2, 0.25) is 0 Å². The van der Waals surface area contributed by atoms with E-state index in [9.17, 15) is 24.4 Å². The Labute approximate surface area is 203 Å². The number of amides is 1. The van der Waals surface area contributed by atoms with E-state index in [1.807, 2.05) is 0 Å². The average molecular weight is 535 g/mol.